The number of aliphatic hydroxyl groups is 1. The fourth-order valence-corrected chi connectivity index (χ4v) is 3.32. The van der Waals surface area contributed by atoms with Gasteiger partial charge in [-0.15, -0.1) is 0 Å². The quantitative estimate of drug-likeness (QED) is 0.267. The maximum Gasteiger partial charge on any atom is 0.306 e. The van der Waals surface area contributed by atoms with Crippen LogP contribution in [0.15, 0.2) is 0 Å². The van der Waals surface area contributed by atoms with Crippen LogP contribution in [0.1, 0.15) is 111 Å². The highest BCUT2D eigenvalue weighted by molar-refractivity contribution is 5.79. The molecular weight excluding hydrogens is 328 g/mol. The van der Waals surface area contributed by atoms with E-state index in [2.05, 4.69) is 6.92 Å². The van der Waals surface area contributed by atoms with E-state index in [0.29, 0.717) is 6.42 Å². The molecule has 0 radical (unpaired) electrons. The molecule has 0 aromatic carbocycles. The fourth-order valence-electron chi connectivity index (χ4n) is 3.32. The lowest BCUT2D eigenvalue weighted by Crippen LogP contribution is -2.29. The summed E-state index contributed by atoms with van der Waals surface area (Å²) >= 11 is 0. The van der Waals surface area contributed by atoms with E-state index in [1.807, 2.05) is 6.92 Å². The maximum atomic E-state index is 12.0. The Morgan fingerprint density at radius 2 is 1.38 bits per heavy atom. The molecule has 0 fully saturated rings. The molecule has 0 aliphatic carbocycles. The Morgan fingerprint density at radius 3 is 1.96 bits per heavy atom. The third-order valence-corrected chi connectivity index (χ3v) is 5.03. The summed E-state index contributed by atoms with van der Waals surface area (Å²) in [6.45, 7) is 7.45. The van der Waals surface area contributed by atoms with Crippen molar-refractivity contribution >= 4 is 11.8 Å². The van der Waals surface area contributed by atoms with Crippen LogP contribution < -0.4 is 0 Å². The van der Waals surface area contributed by atoms with E-state index in [-0.39, 0.29) is 29.9 Å². The van der Waals surface area contributed by atoms with Crippen molar-refractivity contribution in [3.8, 4) is 0 Å². The minimum absolute atomic E-state index is 0.119. The van der Waals surface area contributed by atoms with E-state index >= 15 is 0 Å². The summed E-state index contributed by atoms with van der Waals surface area (Å²) in [6.07, 6.45) is 12.5. The van der Waals surface area contributed by atoms with Crippen LogP contribution in [0.5, 0.6) is 0 Å². The molecule has 0 bridgehead atoms. The molecule has 0 heterocycles. The molecule has 0 rings (SSSR count). The summed E-state index contributed by atoms with van der Waals surface area (Å²) in [6, 6.07) is 0. The first-order chi connectivity index (χ1) is 12.4. The maximum absolute atomic E-state index is 12.0. The molecule has 0 saturated heterocycles. The largest absolute Gasteiger partial charge is 0.462 e. The molecule has 26 heavy (non-hydrogen) atoms. The number of ether oxygens (including phenoxy) is 1. The van der Waals surface area contributed by atoms with Crippen LogP contribution in [0.2, 0.25) is 0 Å². The monoisotopic (exact) mass is 370 g/mol. The molecule has 3 atom stereocenters. The molecular formula is C22H42O4. The van der Waals surface area contributed by atoms with E-state index in [1.54, 1.807) is 13.8 Å². The molecule has 4 heteroatoms. The average Bonchev–Trinajstić information content (AvgIpc) is 2.56. The summed E-state index contributed by atoms with van der Waals surface area (Å²) < 4.78 is 5.50. The number of carbonyl (C=O) groups excluding carboxylic acids is 2. The van der Waals surface area contributed by atoms with Gasteiger partial charge in [0.1, 0.15) is 11.9 Å². The Kier molecular flexibility index (Phi) is 15.7. The van der Waals surface area contributed by atoms with Crippen molar-refractivity contribution in [3.63, 3.8) is 0 Å². The minimum Gasteiger partial charge on any atom is -0.462 e. The predicted molar refractivity (Wildman–Crippen MR) is 107 cm³/mol. The lowest BCUT2D eigenvalue weighted by atomic mass is 9.92. The Labute approximate surface area is 161 Å². The summed E-state index contributed by atoms with van der Waals surface area (Å²) in [4.78, 5) is 23.9. The second kappa shape index (κ2) is 16.3. The van der Waals surface area contributed by atoms with Gasteiger partial charge in [0.15, 0.2) is 0 Å². The lowest BCUT2D eigenvalue weighted by molar-refractivity contribution is -0.152. The Morgan fingerprint density at radius 1 is 0.846 bits per heavy atom. The molecule has 3 unspecified atom stereocenters. The standard InChI is InChI=1S/C22H42O4/c1-5-6-7-8-9-10-13-16-21(19(3)24)20(4)26-22(25)17-14-11-12-15-18(2)23/h18,20-21,23H,5-17H2,1-4H3. The molecule has 0 amide bonds. The Hall–Kier alpha value is -0.900. The first-order valence-corrected chi connectivity index (χ1v) is 10.8. The van der Waals surface area contributed by atoms with Crippen LogP contribution in [0.4, 0.5) is 0 Å². The van der Waals surface area contributed by atoms with Crippen molar-refractivity contribution in [3.05, 3.63) is 0 Å². The van der Waals surface area contributed by atoms with Gasteiger partial charge < -0.3 is 9.84 Å². The molecule has 1 N–H and O–H groups in total. The van der Waals surface area contributed by atoms with Gasteiger partial charge in [0.05, 0.1) is 12.0 Å². The first kappa shape index (κ1) is 25.1. The Balaban J connectivity index is 3.97. The number of Topliss-reactive ketones (excluding diaryl/α,β-unsaturated/α-hetero) is 1. The van der Waals surface area contributed by atoms with Gasteiger partial charge in [-0.25, -0.2) is 0 Å². The number of ketones is 1. The van der Waals surface area contributed by atoms with Gasteiger partial charge in [-0.05, 0) is 40.0 Å². The SMILES string of the molecule is CCCCCCCCCC(C(C)=O)C(C)OC(=O)CCCCCC(C)O. The van der Waals surface area contributed by atoms with Gasteiger partial charge >= 0.3 is 5.97 Å². The van der Waals surface area contributed by atoms with E-state index in [9.17, 15) is 14.7 Å². The summed E-state index contributed by atoms with van der Waals surface area (Å²) in [5.41, 5.74) is 0. The molecule has 0 saturated carbocycles. The smallest absolute Gasteiger partial charge is 0.306 e. The van der Waals surface area contributed by atoms with Crippen molar-refractivity contribution in [1.82, 2.24) is 0 Å². The highest BCUT2D eigenvalue weighted by atomic mass is 16.5. The van der Waals surface area contributed by atoms with Crippen molar-refractivity contribution < 1.29 is 19.4 Å². The number of aliphatic hydroxyl groups excluding tert-OH is 1. The number of hydrogen-bond acceptors (Lipinski definition) is 4. The fraction of sp³-hybridized carbons (Fsp3) is 0.909. The van der Waals surface area contributed by atoms with Crippen LogP contribution in [0.25, 0.3) is 0 Å². The second-order valence-corrected chi connectivity index (χ2v) is 7.77. The number of rotatable bonds is 17. The van der Waals surface area contributed by atoms with Crippen LogP contribution in [-0.4, -0.2) is 29.1 Å². The summed E-state index contributed by atoms with van der Waals surface area (Å²) in [5.74, 6) is -0.265. The van der Waals surface area contributed by atoms with Crippen LogP contribution in [0, 0.1) is 5.92 Å². The number of hydrogen-bond donors (Lipinski definition) is 1. The van der Waals surface area contributed by atoms with Crippen molar-refractivity contribution in [2.24, 2.45) is 5.92 Å². The normalized spacial score (nSPS) is 14.7. The number of carbonyl (C=O) groups is 2. The molecule has 0 aliphatic heterocycles. The first-order valence-electron chi connectivity index (χ1n) is 10.8. The molecule has 4 nitrogen and oxygen atoms in total. The van der Waals surface area contributed by atoms with E-state index in [1.165, 1.54) is 32.1 Å². The van der Waals surface area contributed by atoms with Crippen LogP contribution in [0.3, 0.4) is 0 Å². The topological polar surface area (TPSA) is 63.6 Å². The average molecular weight is 371 g/mol. The van der Waals surface area contributed by atoms with Crippen LogP contribution in [-0.2, 0) is 14.3 Å². The molecule has 0 aromatic heterocycles. The van der Waals surface area contributed by atoms with E-state index in [0.717, 1.165) is 44.9 Å². The van der Waals surface area contributed by atoms with E-state index in [4.69, 9.17) is 4.74 Å². The third kappa shape index (κ3) is 14.3. The zero-order valence-electron chi connectivity index (χ0n) is 17.6. The number of unbranched alkanes of at least 4 members (excludes halogenated alkanes) is 8. The lowest BCUT2D eigenvalue weighted by Gasteiger charge is -2.22. The van der Waals surface area contributed by atoms with Crippen molar-refractivity contribution in [2.45, 2.75) is 123 Å². The van der Waals surface area contributed by atoms with Gasteiger partial charge in [-0.1, -0.05) is 64.7 Å². The van der Waals surface area contributed by atoms with Gasteiger partial charge in [0.2, 0.25) is 0 Å². The Bertz CT molecular complexity index is 365. The summed E-state index contributed by atoms with van der Waals surface area (Å²) in [7, 11) is 0. The molecule has 0 aliphatic rings. The minimum atomic E-state index is -0.336. The van der Waals surface area contributed by atoms with Gasteiger partial charge in [-0.2, -0.15) is 0 Å². The second-order valence-electron chi connectivity index (χ2n) is 7.77. The molecule has 154 valence electrons. The van der Waals surface area contributed by atoms with Gasteiger partial charge in [0.25, 0.3) is 0 Å². The highest BCUT2D eigenvalue weighted by Gasteiger charge is 2.24. The zero-order valence-corrected chi connectivity index (χ0v) is 17.6. The van der Waals surface area contributed by atoms with Gasteiger partial charge in [-0.3, -0.25) is 9.59 Å². The zero-order chi connectivity index (χ0) is 19.8. The van der Waals surface area contributed by atoms with E-state index < -0.39 is 0 Å². The molecule has 0 spiro atoms. The third-order valence-electron chi connectivity index (χ3n) is 5.03. The van der Waals surface area contributed by atoms with Crippen LogP contribution >= 0.6 is 0 Å². The highest BCUT2D eigenvalue weighted by Crippen LogP contribution is 2.20. The van der Waals surface area contributed by atoms with Crippen molar-refractivity contribution in [1.29, 1.82) is 0 Å². The van der Waals surface area contributed by atoms with Crippen molar-refractivity contribution in [2.75, 3.05) is 0 Å². The molecule has 0 aromatic rings. The van der Waals surface area contributed by atoms with Gasteiger partial charge in [0, 0.05) is 6.42 Å². The summed E-state index contributed by atoms with van der Waals surface area (Å²) in [5, 5.41) is 9.21. The number of esters is 1. The predicted octanol–water partition coefficient (Wildman–Crippen LogP) is 5.60.